The molecule has 120 valence electrons. The van der Waals surface area contributed by atoms with E-state index < -0.39 is 0 Å². The Kier molecular flexibility index (Phi) is 6.04. The highest BCUT2D eigenvalue weighted by Gasteiger charge is 2.34. The summed E-state index contributed by atoms with van der Waals surface area (Å²) < 4.78 is 1.64. The molecule has 0 amide bonds. The smallest absolute Gasteiger partial charge is 0.0992 e. The molecule has 0 aromatic carbocycles. The topological polar surface area (TPSA) is 12.0 Å². The zero-order valence-corrected chi connectivity index (χ0v) is 15.8. The van der Waals surface area contributed by atoms with Crippen molar-refractivity contribution in [2.75, 3.05) is 6.54 Å². The van der Waals surface area contributed by atoms with Gasteiger partial charge in [0.2, 0.25) is 0 Å². The number of rotatable bonds is 4. The van der Waals surface area contributed by atoms with Crippen molar-refractivity contribution in [2.45, 2.75) is 59.4 Å². The van der Waals surface area contributed by atoms with Gasteiger partial charge in [-0.15, -0.1) is 11.3 Å². The average molecular weight is 348 g/mol. The van der Waals surface area contributed by atoms with E-state index in [0.717, 1.165) is 21.1 Å². The third-order valence-electron chi connectivity index (χ3n) is 4.91. The summed E-state index contributed by atoms with van der Waals surface area (Å²) in [5, 5.41) is 3.64. The highest BCUT2D eigenvalue weighted by atomic mass is 35.5. The molecular formula is C17H27Cl2NS. The van der Waals surface area contributed by atoms with E-state index in [4.69, 9.17) is 23.2 Å². The molecule has 1 heterocycles. The molecule has 0 saturated heterocycles. The third-order valence-corrected chi connectivity index (χ3v) is 6.43. The average Bonchev–Trinajstić information content (AvgIpc) is 2.74. The van der Waals surface area contributed by atoms with Crippen molar-refractivity contribution in [3.05, 3.63) is 20.3 Å². The zero-order chi connectivity index (χ0) is 15.6. The van der Waals surface area contributed by atoms with Crippen LogP contribution in [-0.2, 0) is 0 Å². The van der Waals surface area contributed by atoms with Crippen molar-refractivity contribution < 1.29 is 0 Å². The molecule has 0 radical (unpaired) electrons. The molecule has 0 aliphatic heterocycles. The summed E-state index contributed by atoms with van der Waals surface area (Å²) >= 11 is 14.0. The largest absolute Gasteiger partial charge is 0.310 e. The van der Waals surface area contributed by atoms with Crippen LogP contribution < -0.4 is 5.32 Å². The molecular weight excluding hydrogens is 321 g/mol. The Morgan fingerprint density at radius 1 is 1.24 bits per heavy atom. The highest BCUT2D eigenvalue weighted by molar-refractivity contribution is 7.20. The van der Waals surface area contributed by atoms with Crippen LogP contribution in [0.1, 0.15) is 65.0 Å². The van der Waals surface area contributed by atoms with E-state index in [1.54, 1.807) is 0 Å². The van der Waals surface area contributed by atoms with Gasteiger partial charge in [-0.05, 0) is 55.5 Å². The second kappa shape index (κ2) is 7.21. The summed E-state index contributed by atoms with van der Waals surface area (Å²) in [6.45, 7) is 10.2. The first-order valence-electron chi connectivity index (χ1n) is 8.01. The van der Waals surface area contributed by atoms with Crippen LogP contribution >= 0.6 is 34.5 Å². The fourth-order valence-corrected chi connectivity index (χ4v) is 5.18. The predicted octanol–water partition coefficient (Wildman–Crippen LogP) is 6.56. The maximum absolute atomic E-state index is 6.39. The minimum Gasteiger partial charge on any atom is -0.310 e. The minimum atomic E-state index is 0.354. The van der Waals surface area contributed by atoms with Crippen LogP contribution in [0.4, 0.5) is 0 Å². The van der Waals surface area contributed by atoms with Crippen LogP contribution in [0.15, 0.2) is 6.07 Å². The molecule has 2 rings (SSSR count). The highest BCUT2D eigenvalue weighted by Crippen LogP contribution is 2.46. The lowest BCUT2D eigenvalue weighted by molar-refractivity contribution is 0.133. The van der Waals surface area contributed by atoms with Crippen LogP contribution in [0.5, 0.6) is 0 Å². The van der Waals surface area contributed by atoms with Crippen LogP contribution in [0.3, 0.4) is 0 Å². The van der Waals surface area contributed by atoms with Crippen molar-refractivity contribution in [2.24, 2.45) is 17.3 Å². The number of halogens is 2. The van der Waals surface area contributed by atoms with Crippen molar-refractivity contribution in [3.63, 3.8) is 0 Å². The second-order valence-electron chi connectivity index (χ2n) is 7.29. The van der Waals surface area contributed by atoms with Gasteiger partial charge in [0.05, 0.1) is 8.67 Å². The molecule has 1 unspecified atom stereocenters. The van der Waals surface area contributed by atoms with Gasteiger partial charge in [0.15, 0.2) is 0 Å². The Morgan fingerprint density at radius 2 is 1.86 bits per heavy atom. The molecule has 1 nitrogen and oxygen atoms in total. The second-order valence-corrected chi connectivity index (χ2v) is 9.58. The van der Waals surface area contributed by atoms with Gasteiger partial charge in [-0.2, -0.15) is 0 Å². The fourth-order valence-electron chi connectivity index (χ4n) is 3.63. The lowest BCUT2D eigenvalue weighted by Crippen LogP contribution is -2.33. The van der Waals surface area contributed by atoms with Gasteiger partial charge in [0, 0.05) is 11.6 Å². The Bertz CT molecular complexity index is 456. The molecule has 4 heteroatoms. The van der Waals surface area contributed by atoms with Crippen molar-refractivity contribution in [1.82, 2.24) is 5.32 Å². The number of hydrogen-bond acceptors (Lipinski definition) is 2. The summed E-state index contributed by atoms with van der Waals surface area (Å²) in [6.07, 6.45) is 5.21. The van der Waals surface area contributed by atoms with E-state index in [2.05, 4.69) is 39.1 Å². The molecule has 1 atom stereocenters. The lowest BCUT2D eigenvalue weighted by Gasteiger charge is -2.39. The first kappa shape index (κ1) is 17.6. The van der Waals surface area contributed by atoms with Gasteiger partial charge in [-0.1, -0.05) is 50.9 Å². The van der Waals surface area contributed by atoms with E-state index in [1.165, 1.54) is 42.6 Å². The van der Waals surface area contributed by atoms with Crippen molar-refractivity contribution in [3.8, 4) is 0 Å². The van der Waals surface area contributed by atoms with Gasteiger partial charge in [-0.3, -0.25) is 0 Å². The molecule has 1 aliphatic rings. The van der Waals surface area contributed by atoms with Crippen LogP contribution in [0.25, 0.3) is 0 Å². The molecule has 1 N–H and O–H groups in total. The van der Waals surface area contributed by atoms with Crippen LogP contribution in [0.2, 0.25) is 8.67 Å². The first-order chi connectivity index (χ1) is 9.82. The molecule has 21 heavy (non-hydrogen) atoms. The molecule has 1 aliphatic carbocycles. The fraction of sp³-hybridized carbons (Fsp3) is 0.765. The summed E-state index contributed by atoms with van der Waals surface area (Å²) in [5.41, 5.74) is 1.63. The molecule has 1 fully saturated rings. The van der Waals surface area contributed by atoms with Crippen LogP contribution in [0, 0.1) is 17.3 Å². The van der Waals surface area contributed by atoms with E-state index in [1.807, 2.05) is 0 Å². The summed E-state index contributed by atoms with van der Waals surface area (Å²) in [4.78, 5) is 0. The number of thiophene rings is 1. The number of nitrogens with one attached hydrogen (secondary N) is 1. The Hall–Kier alpha value is 0.240. The van der Waals surface area contributed by atoms with Gasteiger partial charge >= 0.3 is 0 Å². The monoisotopic (exact) mass is 347 g/mol. The van der Waals surface area contributed by atoms with E-state index in [-0.39, 0.29) is 0 Å². The molecule has 0 bridgehead atoms. The SMILES string of the molecule is CCNC(c1cc(Cl)sc1Cl)C1CCC(C(C)(C)C)CC1. The molecule has 1 saturated carbocycles. The standard InChI is InChI=1S/C17H27Cl2NS/c1-5-20-15(13-10-14(18)21-16(13)19)11-6-8-12(9-7-11)17(2,3)4/h10-12,15,20H,5-9H2,1-4H3. The first-order valence-corrected chi connectivity index (χ1v) is 9.58. The quantitative estimate of drug-likeness (QED) is 0.650. The third kappa shape index (κ3) is 4.37. The van der Waals surface area contributed by atoms with Crippen molar-refractivity contribution in [1.29, 1.82) is 0 Å². The maximum atomic E-state index is 6.39. The van der Waals surface area contributed by atoms with Gasteiger partial charge in [-0.25, -0.2) is 0 Å². The summed E-state index contributed by atoms with van der Waals surface area (Å²) in [5.74, 6) is 1.52. The Morgan fingerprint density at radius 3 is 2.29 bits per heavy atom. The molecule has 1 aromatic heterocycles. The van der Waals surface area contributed by atoms with Crippen molar-refractivity contribution >= 4 is 34.5 Å². The van der Waals surface area contributed by atoms with E-state index in [0.29, 0.717) is 17.4 Å². The normalized spacial score (nSPS) is 25.0. The van der Waals surface area contributed by atoms with Gasteiger partial charge in [0.1, 0.15) is 0 Å². The lowest BCUT2D eigenvalue weighted by atomic mass is 9.68. The Balaban J connectivity index is 2.09. The van der Waals surface area contributed by atoms with E-state index >= 15 is 0 Å². The maximum Gasteiger partial charge on any atom is 0.0992 e. The molecule has 1 aromatic rings. The van der Waals surface area contributed by atoms with Crippen LogP contribution in [-0.4, -0.2) is 6.54 Å². The van der Waals surface area contributed by atoms with Gasteiger partial charge < -0.3 is 5.32 Å². The summed E-state index contributed by atoms with van der Waals surface area (Å²) in [7, 11) is 0. The predicted molar refractivity (Wildman–Crippen MR) is 95.7 cm³/mol. The zero-order valence-electron chi connectivity index (χ0n) is 13.5. The number of hydrogen-bond donors (Lipinski definition) is 1. The minimum absolute atomic E-state index is 0.354. The van der Waals surface area contributed by atoms with Gasteiger partial charge in [0.25, 0.3) is 0 Å². The molecule has 0 spiro atoms. The van der Waals surface area contributed by atoms with E-state index in [9.17, 15) is 0 Å². The summed E-state index contributed by atoms with van der Waals surface area (Å²) in [6, 6.07) is 2.41. The Labute approximate surface area is 143 Å².